The van der Waals surface area contributed by atoms with Crippen molar-refractivity contribution in [1.82, 2.24) is 5.32 Å². The third kappa shape index (κ3) is 6.13. The van der Waals surface area contributed by atoms with Gasteiger partial charge in [0.15, 0.2) is 5.11 Å². The average molecular weight is 476 g/mol. The lowest BCUT2D eigenvalue weighted by atomic mass is 10.1. The Morgan fingerprint density at radius 1 is 1.12 bits per heavy atom. The van der Waals surface area contributed by atoms with Crippen molar-refractivity contribution in [2.24, 2.45) is 0 Å². The van der Waals surface area contributed by atoms with Crippen LogP contribution in [0.5, 0.6) is 0 Å². The number of thiocarbonyl (C=S) groups is 1. The van der Waals surface area contributed by atoms with Gasteiger partial charge >= 0.3 is 6.18 Å². The number of hydrogen-bond donors (Lipinski definition) is 2. The zero-order valence-corrected chi connectivity index (χ0v) is 15.6. The van der Waals surface area contributed by atoms with Gasteiger partial charge in [-0.25, -0.2) is 0 Å². The first-order valence-corrected chi connectivity index (χ1v) is 8.46. The molecule has 25 heavy (non-hydrogen) atoms. The second-order valence-electron chi connectivity index (χ2n) is 4.88. The van der Waals surface area contributed by atoms with Gasteiger partial charge < -0.3 is 5.32 Å². The van der Waals surface area contributed by atoms with Crippen LogP contribution in [0.4, 0.5) is 18.9 Å². The number of benzene rings is 2. The molecule has 0 fully saturated rings. The normalized spacial score (nSPS) is 11.4. The van der Waals surface area contributed by atoms with Gasteiger partial charge in [-0.1, -0.05) is 30.3 Å². The van der Waals surface area contributed by atoms with E-state index in [0.717, 1.165) is 11.6 Å². The molecule has 2 aromatic carbocycles. The maximum Gasteiger partial charge on any atom is 0.418 e. The number of anilines is 1. The number of rotatable bonds is 3. The minimum atomic E-state index is -4.53. The zero-order chi connectivity index (χ0) is 18.4. The monoisotopic (exact) mass is 476 g/mol. The minimum absolute atomic E-state index is 0.214. The van der Waals surface area contributed by atoms with Gasteiger partial charge in [-0.3, -0.25) is 10.1 Å². The number of hydrogen-bond acceptors (Lipinski definition) is 2. The average Bonchev–Trinajstić information content (AvgIpc) is 2.54. The van der Waals surface area contributed by atoms with Crippen LogP contribution < -0.4 is 10.6 Å². The highest BCUT2D eigenvalue weighted by Gasteiger charge is 2.34. The Labute approximate surface area is 161 Å². The Hall–Kier alpha value is -1.94. The topological polar surface area (TPSA) is 41.1 Å². The summed E-state index contributed by atoms with van der Waals surface area (Å²) in [5.41, 5.74) is -0.255. The molecule has 0 radical (unpaired) electrons. The molecule has 1 amide bonds. The van der Waals surface area contributed by atoms with E-state index in [0.29, 0.717) is 3.57 Å². The summed E-state index contributed by atoms with van der Waals surface area (Å²) in [5.74, 6) is -0.541. The molecular weight excluding hydrogens is 464 g/mol. The summed E-state index contributed by atoms with van der Waals surface area (Å²) in [5, 5.41) is 4.52. The van der Waals surface area contributed by atoms with E-state index in [1.165, 1.54) is 18.2 Å². The number of nitrogens with one attached hydrogen (secondary N) is 2. The number of carbonyl (C=O) groups is 1. The van der Waals surface area contributed by atoms with E-state index in [4.69, 9.17) is 12.2 Å². The number of halogens is 4. The molecule has 0 bridgehead atoms. The lowest BCUT2D eigenvalue weighted by Gasteiger charge is -2.15. The summed E-state index contributed by atoms with van der Waals surface area (Å²) in [6.45, 7) is 0. The van der Waals surface area contributed by atoms with Crippen molar-refractivity contribution in [3.05, 3.63) is 69.3 Å². The van der Waals surface area contributed by atoms with Gasteiger partial charge in [0.25, 0.3) is 0 Å². The van der Waals surface area contributed by atoms with Gasteiger partial charge in [-0.15, -0.1) is 0 Å². The Balaban J connectivity index is 2.03. The third-order valence-electron chi connectivity index (χ3n) is 3.00. The molecule has 0 spiro atoms. The summed E-state index contributed by atoms with van der Waals surface area (Å²) in [4.78, 5) is 11.8. The first-order valence-electron chi connectivity index (χ1n) is 6.97. The van der Waals surface area contributed by atoms with Gasteiger partial charge in [0, 0.05) is 9.65 Å². The summed E-state index contributed by atoms with van der Waals surface area (Å²) in [6, 6.07) is 12.9. The van der Waals surface area contributed by atoms with Gasteiger partial charge in [-0.05, 0) is 64.6 Å². The lowest BCUT2D eigenvalue weighted by molar-refractivity contribution is -0.137. The Morgan fingerprint density at radius 3 is 2.44 bits per heavy atom. The fourth-order valence-electron chi connectivity index (χ4n) is 1.90. The van der Waals surface area contributed by atoms with Crippen LogP contribution in [0, 0.1) is 3.57 Å². The fourth-order valence-corrected chi connectivity index (χ4v) is 2.60. The second-order valence-corrected chi connectivity index (χ2v) is 6.53. The van der Waals surface area contributed by atoms with E-state index in [2.05, 4.69) is 10.6 Å². The highest BCUT2D eigenvalue weighted by atomic mass is 127. The summed E-state index contributed by atoms with van der Waals surface area (Å²) < 4.78 is 39.6. The number of alkyl halides is 3. The van der Waals surface area contributed by atoms with Crippen LogP contribution in [0.2, 0.25) is 0 Å². The highest BCUT2D eigenvalue weighted by Crippen LogP contribution is 2.35. The van der Waals surface area contributed by atoms with Gasteiger partial charge in [0.2, 0.25) is 5.91 Å². The summed E-state index contributed by atoms with van der Waals surface area (Å²) in [7, 11) is 0. The highest BCUT2D eigenvalue weighted by molar-refractivity contribution is 14.1. The third-order valence-corrected chi connectivity index (χ3v) is 3.87. The van der Waals surface area contributed by atoms with E-state index in [-0.39, 0.29) is 10.8 Å². The van der Waals surface area contributed by atoms with E-state index >= 15 is 0 Å². The predicted molar refractivity (Wildman–Crippen MR) is 104 cm³/mol. The van der Waals surface area contributed by atoms with Crippen molar-refractivity contribution in [1.29, 1.82) is 0 Å². The van der Waals surface area contributed by atoms with Gasteiger partial charge in [0.05, 0.1) is 11.3 Å². The van der Waals surface area contributed by atoms with E-state index in [1.54, 1.807) is 28.7 Å². The maximum atomic E-state index is 13.1. The molecule has 2 aromatic rings. The molecule has 8 heteroatoms. The first kappa shape index (κ1) is 19.4. The molecule has 0 aliphatic rings. The van der Waals surface area contributed by atoms with Crippen molar-refractivity contribution in [2.75, 3.05) is 5.32 Å². The SMILES string of the molecule is O=C(C=Cc1ccccc1)NC(=S)Nc1ccc(I)cc1C(F)(F)F. The number of carbonyl (C=O) groups excluding carboxylic acids is 1. The quantitative estimate of drug-likeness (QED) is 0.379. The summed E-state index contributed by atoms with van der Waals surface area (Å²) in [6.07, 6.45) is -1.71. The Kier molecular flexibility index (Phi) is 6.54. The van der Waals surface area contributed by atoms with Crippen LogP contribution in [0.15, 0.2) is 54.6 Å². The fraction of sp³-hybridized carbons (Fsp3) is 0.0588. The standard InChI is InChI=1S/C17H12F3IN2OS/c18-17(19,20)13-10-12(21)7-8-14(13)22-16(25)23-15(24)9-6-11-4-2-1-3-5-11/h1-10H,(H2,22,23,24,25). The smallest absolute Gasteiger partial charge is 0.332 e. The Bertz CT molecular complexity index is 807. The van der Waals surface area contributed by atoms with Crippen LogP contribution in [0.1, 0.15) is 11.1 Å². The van der Waals surface area contributed by atoms with Crippen molar-refractivity contribution >= 4 is 57.6 Å². The molecule has 0 saturated carbocycles. The van der Waals surface area contributed by atoms with Crippen molar-refractivity contribution in [3.63, 3.8) is 0 Å². The molecule has 0 aromatic heterocycles. The molecule has 0 aliphatic carbocycles. The van der Waals surface area contributed by atoms with Crippen LogP contribution in [0.25, 0.3) is 6.08 Å². The zero-order valence-electron chi connectivity index (χ0n) is 12.6. The molecule has 0 aliphatic heterocycles. The second kappa shape index (κ2) is 8.43. The minimum Gasteiger partial charge on any atom is -0.332 e. The molecule has 0 saturated heterocycles. The molecule has 0 unspecified atom stereocenters. The molecule has 3 nitrogen and oxygen atoms in total. The van der Waals surface area contributed by atoms with Crippen LogP contribution in [-0.4, -0.2) is 11.0 Å². The molecule has 2 rings (SSSR count). The van der Waals surface area contributed by atoms with Crippen molar-refractivity contribution in [3.8, 4) is 0 Å². The molecule has 130 valence electrons. The van der Waals surface area contributed by atoms with E-state index in [9.17, 15) is 18.0 Å². The predicted octanol–water partition coefficient (Wildman–Crippen LogP) is 4.84. The molecule has 0 atom stereocenters. The van der Waals surface area contributed by atoms with E-state index in [1.807, 2.05) is 30.3 Å². The van der Waals surface area contributed by atoms with Crippen molar-refractivity contribution < 1.29 is 18.0 Å². The van der Waals surface area contributed by atoms with Crippen LogP contribution in [-0.2, 0) is 11.0 Å². The largest absolute Gasteiger partial charge is 0.418 e. The van der Waals surface area contributed by atoms with E-state index < -0.39 is 17.6 Å². The maximum absolute atomic E-state index is 13.1. The molecule has 0 heterocycles. The van der Waals surface area contributed by atoms with Crippen molar-refractivity contribution in [2.45, 2.75) is 6.18 Å². The molecular formula is C17H12F3IN2OS. The first-order chi connectivity index (χ1) is 11.8. The molecule has 2 N–H and O–H groups in total. The van der Waals surface area contributed by atoms with Crippen LogP contribution in [0.3, 0.4) is 0 Å². The van der Waals surface area contributed by atoms with Crippen LogP contribution >= 0.6 is 34.8 Å². The number of amides is 1. The lowest BCUT2D eigenvalue weighted by Crippen LogP contribution is -2.33. The summed E-state index contributed by atoms with van der Waals surface area (Å²) >= 11 is 6.71. The van der Waals surface area contributed by atoms with Gasteiger partial charge in [-0.2, -0.15) is 13.2 Å². The van der Waals surface area contributed by atoms with Gasteiger partial charge in [0.1, 0.15) is 0 Å². The Morgan fingerprint density at radius 2 is 1.80 bits per heavy atom.